The first-order valence-electron chi connectivity index (χ1n) is 8.28. The Morgan fingerprint density at radius 2 is 1.92 bits per heavy atom. The smallest absolute Gasteiger partial charge is 0.234 e. The molecule has 0 aliphatic carbocycles. The number of anilines is 1. The van der Waals surface area contributed by atoms with E-state index in [1.165, 1.54) is 17.3 Å². The van der Waals surface area contributed by atoms with Gasteiger partial charge < -0.3 is 5.32 Å². The molecule has 1 amide bonds. The summed E-state index contributed by atoms with van der Waals surface area (Å²) in [7, 11) is 0. The molecule has 0 saturated carbocycles. The average Bonchev–Trinajstić information content (AvgIpc) is 2.61. The Hall–Kier alpha value is -2.84. The molecule has 5 heteroatoms. The number of thioether (sulfide) groups is 1. The summed E-state index contributed by atoms with van der Waals surface area (Å²) >= 11 is 1.40. The number of fused-ring (bicyclic) bond motifs is 1. The molecule has 0 radical (unpaired) electrons. The van der Waals surface area contributed by atoms with Crippen LogP contribution in [0.1, 0.15) is 22.3 Å². The SMILES string of the molecule is Cc1cc(C)c2nc(SCC(=O)Nc3ccccc3C#N)cc(C)c2c1. The molecule has 1 N–H and O–H groups in total. The number of hydrogen-bond acceptors (Lipinski definition) is 4. The maximum atomic E-state index is 12.2. The normalized spacial score (nSPS) is 10.5. The predicted octanol–water partition coefficient (Wildman–Crippen LogP) is 4.76. The molecule has 0 aliphatic rings. The van der Waals surface area contributed by atoms with Gasteiger partial charge in [0, 0.05) is 5.39 Å². The molecule has 130 valence electrons. The van der Waals surface area contributed by atoms with Crippen LogP contribution in [0.15, 0.2) is 47.5 Å². The van der Waals surface area contributed by atoms with Crippen molar-refractivity contribution in [1.82, 2.24) is 4.98 Å². The Balaban J connectivity index is 1.75. The van der Waals surface area contributed by atoms with E-state index >= 15 is 0 Å². The summed E-state index contributed by atoms with van der Waals surface area (Å²) in [5, 5.41) is 13.9. The summed E-state index contributed by atoms with van der Waals surface area (Å²) in [6.07, 6.45) is 0. The Morgan fingerprint density at radius 3 is 2.69 bits per heavy atom. The van der Waals surface area contributed by atoms with Gasteiger partial charge in [0.05, 0.1) is 27.5 Å². The number of nitriles is 1. The highest BCUT2D eigenvalue weighted by molar-refractivity contribution is 7.99. The van der Waals surface area contributed by atoms with Gasteiger partial charge in [-0.1, -0.05) is 35.5 Å². The highest BCUT2D eigenvalue weighted by atomic mass is 32.2. The molecule has 0 spiro atoms. The van der Waals surface area contributed by atoms with E-state index in [1.54, 1.807) is 24.3 Å². The van der Waals surface area contributed by atoms with Crippen molar-refractivity contribution >= 4 is 34.3 Å². The fourth-order valence-electron chi connectivity index (χ4n) is 2.90. The lowest BCUT2D eigenvalue weighted by Crippen LogP contribution is -2.15. The van der Waals surface area contributed by atoms with Crippen LogP contribution >= 0.6 is 11.8 Å². The summed E-state index contributed by atoms with van der Waals surface area (Å²) in [6, 6.07) is 15.3. The second kappa shape index (κ2) is 7.59. The number of benzene rings is 2. The molecule has 0 saturated heterocycles. The van der Waals surface area contributed by atoms with Crippen molar-refractivity contribution in [1.29, 1.82) is 5.26 Å². The van der Waals surface area contributed by atoms with Gasteiger partial charge in [0.15, 0.2) is 0 Å². The maximum Gasteiger partial charge on any atom is 0.234 e. The lowest BCUT2D eigenvalue weighted by molar-refractivity contribution is -0.113. The molecule has 4 nitrogen and oxygen atoms in total. The molecular formula is C21H19N3OS. The summed E-state index contributed by atoms with van der Waals surface area (Å²) in [6.45, 7) is 6.20. The minimum atomic E-state index is -0.155. The van der Waals surface area contributed by atoms with Crippen molar-refractivity contribution in [3.8, 4) is 6.07 Å². The van der Waals surface area contributed by atoms with Crippen LogP contribution in [0, 0.1) is 32.1 Å². The third-order valence-electron chi connectivity index (χ3n) is 4.10. The number of para-hydroxylation sites is 1. The van der Waals surface area contributed by atoms with Crippen molar-refractivity contribution in [2.75, 3.05) is 11.1 Å². The molecule has 1 heterocycles. The third-order valence-corrected chi connectivity index (χ3v) is 5.02. The van der Waals surface area contributed by atoms with Gasteiger partial charge in [0.1, 0.15) is 6.07 Å². The minimum absolute atomic E-state index is 0.155. The van der Waals surface area contributed by atoms with Crippen molar-refractivity contribution < 1.29 is 4.79 Å². The number of carbonyl (C=O) groups is 1. The highest BCUT2D eigenvalue weighted by Gasteiger charge is 2.10. The van der Waals surface area contributed by atoms with Gasteiger partial charge >= 0.3 is 0 Å². The van der Waals surface area contributed by atoms with Crippen LogP contribution in [-0.4, -0.2) is 16.6 Å². The van der Waals surface area contributed by atoms with E-state index in [2.05, 4.69) is 44.3 Å². The van der Waals surface area contributed by atoms with Crippen molar-refractivity contribution in [3.63, 3.8) is 0 Å². The third kappa shape index (κ3) is 3.87. The van der Waals surface area contributed by atoms with Crippen LogP contribution in [0.4, 0.5) is 5.69 Å². The van der Waals surface area contributed by atoms with E-state index < -0.39 is 0 Å². The van der Waals surface area contributed by atoms with Crippen LogP contribution < -0.4 is 5.32 Å². The summed E-state index contributed by atoms with van der Waals surface area (Å²) in [4.78, 5) is 17.0. The first-order valence-corrected chi connectivity index (χ1v) is 9.27. The molecule has 0 bridgehead atoms. The monoisotopic (exact) mass is 361 g/mol. The summed E-state index contributed by atoms with van der Waals surface area (Å²) in [5.41, 5.74) is 5.48. The van der Waals surface area contributed by atoms with E-state index in [0.717, 1.165) is 27.1 Å². The largest absolute Gasteiger partial charge is 0.324 e. The maximum absolute atomic E-state index is 12.2. The van der Waals surface area contributed by atoms with Gasteiger partial charge in [0.25, 0.3) is 0 Å². The lowest BCUT2D eigenvalue weighted by atomic mass is 10.0. The number of carbonyl (C=O) groups excluding carboxylic acids is 1. The zero-order valence-corrected chi connectivity index (χ0v) is 15.8. The van der Waals surface area contributed by atoms with Crippen LogP contribution in [-0.2, 0) is 4.79 Å². The Kier molecular flexibility index (Phi) is 5.24. The molecule has 3 aromatic rings. The van der Waals surface area contributed by atoms with E-state index in [1.807, 2.05) is 6.07 Å². The number of aryl methyl sites for hydroxylation is 3. The molecular weight excluding hydrogens is 342 g/mol. The number of rotatable bonds is 4. The number of aromatic nitrogens is 1. The van der Waals surface area contributed by atoms with Gasteiger partial charge in [-0.05, 0) is 56.2 Å². The quantitative estimate of drug-likeness (QED) is 0.680. The first kappa shape index (κ1) is 18.0. The van der Waals surface area contributed by atoms with Gasteiger partial charge in [-0.3, -0.25) is 4.79 Å². The zero-order valence-electron chi connectivity index (χ0n) is 15.0. The molecule has 26 heavy (non-hydrogen) atoms. The van der Waals surface area contributed by atoms with Gasteiger partial charge in [-0.2, -0.15) is 5.26 Å². The Bertz CT molecular complexity index is 1040. The minimum Gasteiger partial charge on any atom is -0.324 e. The molecule has 2 aromatic carbocycles. The Labute approximate surface area is 157 Å². The van der Waals surface area contributed by atoms with E-state index in [-0.39, 0.29) is 11.7 Å². The molecule has 0 aliphatic heterocycles. The average molecular weight is 361 g/mol. The van der Waals surface area contributed by atoms with Crippen LogP contribution in [0.3, 0.4) is 0 Å². The van der Waals surface area contributed by atoms with Crippen molar-refractivity contribution in [3.05, 3.63) is 64.7 Å². The second-order valence-electron chi connectivity index (χ2n) is 6.25. The molecule has 0 fully saturated rings. The number of nitrogens with zero attached hydrogens (tertiary/aromatic N) is 2. The number of pyridine rings is 1. The number of hydrogen-bond donors (Lipinski definition) is 1. The molecule has 3 rings (SSSR count). The second-order valence-corrected chi connectivity index (χ2v) is 7.25. The van der Waals surface area contributed by atoms with Crippen molar-refractivity contribution in [2.45, 2.75) is 25.8 Å². The first-order chi connectivity index (χ1) is 12.5. The Morgan fingerprint density at radius 1 is 1.15 bits per heavy atom. The summed E-state index contributed by atoms with van der Waals surface area (Å²) < 4.78 is 0. The zero-order chi connectivity index (χ0) is 18.7. The standard InChI is InChI=1S/C21H19N3OS/c1-13-8-15(3)21-17(9-13)14(2)10-20(24-21)26-12-19(25)23-18-7-5-4-6-16(18)11-22/h4-10H,12H2,1-3H3,(H,23,25). The predicted molar refractivity (Wildman–Crippen MR) is 106 cm³/mol. The van der Waals surface area contributed by atoms with Crippen LogP contribution in [0.5, 0.6) is 0 Å². The van der Waals surface area contributed by atoms with E-state index in [9.17, 15) is 4.79 Å². The fourth-order valence-corrected chi connectivity index (χ4v) is 3.67. The molecule has 0 atom stereocenters. The lowest BCUT2D eigenvalue weighted by Gasteiger charge is -2.10. The van der Waals surface area contributed by atoms with Gasteiger partial charge in [-0.15, -0.1) is 0 Å². The summed E-state index contributed by atoms with van der Waals surface area (Å²) in [5.74, 6) is 0.0840. The van der Waals surface area contributed by atoms with Gasteiger partial charge in [0.2, 0.25) is 5.91 Å². The molecule has 1 aromatic heterocycles. The van der Waals surface area contributed by atoms with E-state index in [4.69, 9.17) is 10.2 Å². The van der Waals surface area contributed by atoms with Crippen molar-refractivity contribution in [2.24, 2.45) is 0 Å². The number of nitrogens with one attached hydrogen (secondary N) is 1. The van der Waals surface area contributed by atoms with E-state index in [0.29, 0.717) is 11.3 Å². The van der Waals surface area contributed by atoms with Crippen LogP contribution in [0.25, 0.3) is 10.9 Å². The fraction of sp³-hybridized carbons (Fsp3) is 0.190. The molecule has 0 unspecified atom stereocenters. The topological polar surface area (TPSA) is 65.8 Å². The number of amides is 1. The highest BCUT2D eigenvalue weighted by Crippen LogP contribution is 2.27. The van der Waals surface area contributed by atoms with Gasteiger partial charge in [-0.25, -0.2) is 4.98 Å². The van der Waals surface area contributed by atoms with Crippen LogP contribution in [0.2, 0.25) is 0 Å².